The summed E-state index contributed by atoms with van der Waals surface area (Å²) >= 11 is 0. The Morgan fingerprint density at radius 2 is 1.68 bits per heavy atom. The van der Waals surface area contributed by atoms with Crippen LogP contribution in [0.2, 0.25) is 0 Å². The molecule has 2 aromatic rings. The molecule has 0 bridgehead atoms. The van der Waals surface area contributed by atoms with E-state index in [1.807, 2.05) is 0 Å². The molecule has 0 spiro atoms. The summed E-state index contributed by atoms with van der Waals surface area (Å²) < 4.78 is 10.1. The van der Waals surface area contributed by atoms with Crippen molar-refractivity contribution in [2.75, 3.05) is 7.11 Å². The molecule has 0 radical (unpaired) electrons. The van der Waals surface area contributed by atoms with E-state index in [1.54, 1.807) is 6.07 Å². The normalized spacial score (nSPS) is 11.4. The number of hydrogen-bond donors (Lipinski definition) is 0. The molecule has 2 rings (SSSR count). The summed E-state index contributed by atoms with van der Waals surface area (Å²) in [6.45, 7) is 1.48. The van der Waals surface area contributed by atoms with Gasteiger partial charge in [-0.05, 0) is 25.1 Å². The van der Waals surface area contributed by atoms with E-state index in [9.17, 15) is 25.0 Å². The number of hydrogen-bond acceptors (Lipinski definition) is 7. The Bertz CT molecular complexity index is 835. The molecule has 0 amide bonds. The molecule has 0 saturated carbocycles. The fourth-order valence-corrected chi connectivity index (χ4v) is 2.25. The molecule has 0 aliphatic rings. The lowest BCUT2D eigenvalue weighted by Crippen LogP contribution is -2.11. The van der Waals surface area contributed by atoms with E-state index in [4.69, 9.17) is 9.47 Å². The van der Waals surface area contributed by atoms with Crippen LogP contribution in [-0.4, -0.2) is 22.9 Å². The van der Waals surface area contributed by atoms with Gasteiger partial charge in [0, 0.05) is 12.1 Å². The fraction of sp³-hybridized carbons (Fsp3) is 0.188. The fourth-order valence-electron chi connectivity index (χ4n) is 2.25. The summed E-state index contributed by atoms with van der Waals surface area (Å²) in [5.74, 6) is -0.829. The van der Waals surface area contributed by atoms with Gasteiger partial charge in [0.05, 0.1) is 28.1 Å². The van der Waals surface area contributed by atoms with Crippen LogP contribution in [0, 0.1) is 20.2 Å². The van der Waals surface area contributed by atoms with Crippen LogP contribution in [0.25, 0.3) is 0 Å². The predicted octanol–water partition coefficient (Wildman–Crippen LogP) is 3.43. The molecule has 1 atom stereocenters. The van der Waals surface area contributed by atoms with Crippen molar-refractivity contribution < 1.29 is 24.1 Å². The molecule has 9 heteroatoms. The molecule has 0 fully saturated rings. The third kappa shape index (κ3) is 3.89. The highest BCUT2D eigenvalue weighted by molar-refractivity contribution is 5.90. The van der Waals surface area contributed by atoms with Crippen molar-refractivity contribution >= 4 is 17.3 Å². The first-order chi connectivity index (χ1) is 11.8. The number of benzene rings is 2. The van der Waals surface area contributed by atoms with Gasteiger partial charge in [-0.3, -0.25) is 20.2 Å². The van der Waals surface area contributed by atoms with Crippen LogP contribution in [0.4, 0.5) is 11.4 Å². The molecule has 0 aromatic heterocycles. The highest BCUT2D eigenvalue weighted by Crippen LogP contribution is 2.30. The highest BCUT2D eigenvalue weighted by atomic mass is 16.6. The zero-order chi connectivity index (χ0) is 18.6. The Morgan fingerprint density at radius 3 is 2.28 bits per heavy atom. The van der Waals surface area contributed by atoms with Gasteiger partial charge < -0.3 is 9.47 Å². The van der Waals surface area contributed by atoms with Gasteiger partial charge in [0.15, 0.2) is 5.75 Å². The number of carbonyl (C=O) groups excluding carboxylic acids is 1. The molecule has 25 heavy (non-hydrogen) atoms. The second-order valence-corrected chi connectivity index (χ2v) is 5.01. The smallest absolute Gasteiger partial charge is 0.338 e. The monoisotopic (exact) mass is 346 g/mol. The van der Waals surface area contributed by atoms with Crippen molar-refractivity contribution in [2.24, 2.45) is 0 Å². The maximum Gasteiger partial charge on any atom is 0.338 e. The number of nitrogens with zero attached hydrogens (tertiary/aromatic N) is 2. The van der Waals surface area contributed by atoms with Gasteiger partial charge in [-0.25, -0.2) is 4.79 Å². The van der Waals surface area contributed by atoms with E-state index in [0.29, 0.717) is 0 Å². The predicted molar refractivity (Wildman–Crippen MR) is 86.6 cm³/mol. The second kappa shape index (κ2) is 7.39. The minimum atomic E-state index is -0.907. The summed E-state index contributed by atoms with van der Waals surface area (Å²) in [4.78, 5) is 33.0. The number of esters is 1. The molecule has 0 heterocycles. The lowest BCUT2D eigenvalue weighted by Gasteiger charge is -2.14. The van der Waals surface area contributed by atoms with Gasteiger partial charge in [0.2, 0.25) is 0 Å². The first-order valence-electron chi connectivity index (χ1n) is 7.12. The van der Waals surface area contributed by atoms with Crippen LogP contribution in [-0.2, 0) is 4.74 Å². The largest absolute Gasteiger partial charge is 0.490 e. The molecular weight excluding hydrogens is 332 g/mol. The van der Waals surface area contributed by atoms with E-state index in [0.717, 1.165) is 6.07 Å². The van der Waals surface area contributed by atoms with Crippen LogP contribution in [0.15, 0.2) is 42.5 Å². The van der Waals surface area contributed by atoms with E-state index in [1.165, 1.54) is 44.4 Å². The number of nitro groups is 2. The minimum absolute atomic E-state index is 0.00768. The van der Waals surface area contributed by atoms with E-state index in [2.05, 4.69) is 0 Å². The average molecular weight is 346 g/mol. The lowest BCUT2D eigenvalue weighted by atomic mass is 10.1. The quantitative estimate of drug-likeness (QED) is 0.446. The Morgan fingerprint density at radius 1 is 1.04 bits per heavy atom. The first kappa shape index (κ1) is 17.9. The molecule has 2 aromatic carbocycles. The van der Waals surface area contributed by atoms with Crippen molar-refractivity contribution in [3.63, 3.8) is 0 Å². The molecule has 0 N–H and O–H groups in total. The average Bonchev–Trinajstić information content (AvgIpc) is 2.60. The Balaban J connectivity index is 2.27. The Hall–Kier alpha value is -3.49. The SMILES string of the molecule is COc1ccc(C(=O)OC(C)c2ccccc2[N+](=O)[O-])cc1[N+](=O)[O-]. The molecule has 0 aliphatic heterocycles. The number of nitro benzene ring substituents is 2. The van der Waals surface area contributed by atoms with Gasteiger partial charge in [0.1, 0.15) is 6.10 Å². The van der Waals surface area contributed by atoms with Crippen molar-refractivity contribution in [3.8, 4) is 5.75 Å². The van der Waals surface area contributed by atoms with Crippen LogP contribution in [0.3, 0.4) is 0 Å². The van der Waals surface area contributed by atoms with Gasteiger partial charge in [-0.2, -0.15) is 0 Å². The van der Waals surface area contributed by atoms with E-state index >= 15 is 0 Å². The van der Waals surface area contributed by atoms with Crippen LogP contribution in [0.5, 0.6) is 5.75 Å². The van der Waals surface area contributed by atoms with E-state index < -0.39 is 21.9 Å². The van der Waals surface area contributed by atoms with Crippen LogP contribution >= 0.6 is 0 Å². The summed E-state index contributed by atoms with van der Waals surface area (Å²) in [7, 11) is 1.27. The Labute approximate surface area is 142 Å². The van der Waals surface area contributed by atoms with Gasteiger partial charge in [-0.1, -0.05) is 12.1 Å². The summed E-state index contributed by atoms with van der Waals surface area (Å²) in [5, 5.41) is 22.1. The van der Waals surface area contributed by atoms with Crippen molar-refractivity contribution in [1.82, 2.24) is 0 Å². The summed E-state index contributed by atoms with van der Waals surface area (Å²) in [6.07, 6.45) is -0.907. The third-order valence-electron chi connectivity index (χ3n) is 3.47. The third-order valence-corrected chi connectivity index (χ3v) is 3.47. The zero-order valence-electron chi connectivity index (χ0n) is 13.4. The topological polar surface area (TPSA) is 122 Å². The van der Waals surface area contributed by atoms with Gasteiger partial charge in [-0.15, -0.1) is 0 Å². The molecule has 130 valence electrons. The maximum atomic E-state index is 12.2. The molecular formula is C16H14N2O7. The minimum Gasteiger partial charge on any atom is -0.490 e. The van der Waals surface area contributed by atoms with Crippen molar-refractivity contribution in [1.29, 1.82) is 0 Å². The highest BCUT2D eigenvalue weighted by Gasteiger charge is 2.24. The maximum absolute atomic E-state index is 12.2. The summed E-state index contributed by atoms with van der Waals surface area (Å²) in [5.41, 5.74) is -0.388. The standard InChI is InChI=1S/C16H14N2O7/c1-10(12-5-3-4-6-13(12)17(20)21)25-16(19)11-7-8-15(24-2)14(9-11)18(22)23/h3-10H,1-2H3. The zero-order valence-corrected chi connectivity index (χ0v) is 13.4. The summed E-state index contributed by atoms with van der Waals surface area (Å²) in [6, 6.07) is 9.51. The second-order valence-electron chi connectivity index (χ2n) is 5.01. The molecule has 0 saturated heterocycles. The number of rotatable bonds is 6. The number of para-hydroxylation sites is 1. The lowest BCUT2D eigenvalue weighted by molar-refractivity contribution is -0.386. The molecule has 1 unspecified atom stereocenters. The van der Waals surface area contributed by atoms with Crippen LogP contribution < -0.4 is 4.74 Å². The number of methoxy groups -OCH3 is 1. The van der Waals surface area contributed by atoms with Gasteiger partial charge in [0.25, 0.3) is 5.69 Å². The number of carbonyl (C=O) groups is 1. The van der Waals surface area contributed by atoms with Gasteiger partial charge >= 0.3 is 11.7 Å². The number of ether oxygens (including phenoxy) is 2. The van der Waals surface area contributed by atoms with Crippen molar-refractivity contribution in [2.45, 2.75) is 13.0 Å². The van der Waals surface area contributed by atoms with Crippen LogP contribution in [0.1, 0.15) is 28.9 Å². The molecule has 0 aliphatic carbocycles. The molecule has 9 nitrogen and oxygen atoms in total. The first-order valence-corrected chi connectivity index (χ1v) is 7.12. The van der Waals surface area contributed by atoms with Crippen molar-refractivity contribution in [3.05, 3.63) is 73.8 Å². The Kier molecular flexibility index (Phi) is 5.28. The van der Waals surface area contributed by atoms with E-state index in [-0.39, 0.29) is 28.3 Å².